The molecular formula is C26H32Br2I2N2Pt+2. The van der Waals surface area contributed by atoms with Crippen LogP contribution in [0.25, 0.3) is 9.69 Å². The molecule has 0 heterocycles. The van der Waals surface area contributed by atoms with Crippen LogP contribution in [0.5, 0.6) is 0 Å². The Bertz CT molecular complexity index is 853. The van der Waals surface area contributed by atoms with Crippen LogP contribution in [0.3, 0.4) is 0 Å². The molecule has 0 radical (unpaired) electrons. The van der Waals surface area contributed by atoms with Crippen LogP contribution in [0.4, 0.5) is 11.4 Å². The summed E-state index contributed by atoms with van der Waals surface area (Å²) in [6.07, 6.45) is 0. The molecule has 0 fully saturated rings. The van der Waals surface area contributed by atoms with Gasteiger partial charge >= 0.3 is 49.9 Å². The Kier molecular flexibility index (Phi) is 17.3. The first-order chi connectivity index (χ1) is 15.4. The van der Waals surface area contributed by atoms with Crippen LogP contribution in [0.2, 0.25) is 0 Å². The van der Waals surface area contributed by atoms with Gasteiger partial charge in [-0.1, -0.05) is 112 Å². The molecule has 0 aliphatic heterocycles. The van der Waals surface area contributed by atoms with Crippen LogP contribution < -0.4 is 0 Å². The second-order valence-corrected chi connectivity index (χ2v) is 27.2. The maximum atomic E-state index is 7.29. The summed E-state index contributed by atoms with van der Waals surface area (Å²) in [5, 5.41) is 0. The fraction of sp³-hybridized carbons (Fsp3) is 0.462. The van der Waals surface area contributed by atoms with Crippen molar-refractivity contribution in [2.24, 2.45) is 0 Å². The summed E-state index contributed by atoms with van der Waals surface area (Å²) in [4.78, 5) is 7.37. The van der Waals surface area contributed by atoms with Crippen LogP contribution in [0, 0.1) is 13.1 Å². The van der Waals surface area contributed by atoms with Gasteiger partial charge in [-0.15, -0.1) is 0 Å². The van der Waals surface area contributed by atoms with Crippen molar-refractivity contribution in [1.82, 2.24) is 0 Å². The molecule has 0 spiro atoms. The fourth-order valence-electron chi connectivity index (χ4n) is 3.30. The summed E-state index contributed by atoms with van der Waals surface area (Å²) in [6, 6.07) is 8.24. The first kappa shape index (κ1) is 33.5. The van der Waals surface area contributed by atoms with Gasteiger partial charge in [-0.05, 0) is 45.9 Å². The molecule has 0 amide bonds. The van der Waals surface area contributed by atoms with Crippen LogP contribution in [-0.2, 0) is 11.2 Å². The molecule has 0 saturated carbocycles. The third-order valence-corrected chi connectivity index (χ3v) is 5.89. The van der Waals surface area contributed by atoms with E-state index >= 15 is 0 Å². The van der Waals surface area contributed by atoms with Gasteiger partial charge in [0.1, 0.15) is 0 Å². The zero-order chi connectivity index (χ0) is 25.9. The molecule has 0 bridgehead atoms. The van der Waals surface area contributed by atoms with E-state index in [9.17, 15) is 0 Å². The Morgan fingerprint density at radius 3 is 0.909 bits per heavy atom. The molecule has 0 aliphatic rings. The molecule has 2 aromatic rings. The average Bonchev–Trinajstić information content (AvgIpc) is 2.73. The van der Waals surface area contributed by atoms with E-state index < -0.39 is 0 Å². The Hall–Kier alpha value is 0.528. The Balaban J connectivity index is 0.000000555. The van der Waals surface area contributed by atoms with Gasteiger partial charge in [-0.25, -0.2) is 9.69 Å². The molecular weight excluding hydrogens is 949 g/mol. The summed E-state index contributed by atoms with van der Waals surface area (Å²) >= 11 is 12.3. The molecule has 2 rings (SSSR count). The first-order valence-corrected chi connectivity index (χ1v) is 25.1. The second-order valence-electron chi connectivity index (χ2n) is 8.75. The van der Waals surface area contributed by atoms with E-state index in [1.807, 2.05) is 0 Å². The van der Waals surface area contributed by atoms with Crippen LogP contribution in [-0.4, -0.2) is 0 Å². The number of halogens is 4. The Labute approximate surface area is 247 Å². The number of rotatable bonds is 4. The van der Waals surface area contributed by atoms with Crippen molar-refractivity contribution in [3.63, 3.8) is 0 Å². The van der Waals surface area contributed by atoms with E-state index in [4.69, 9.17) is 13.1 Å². The molecule has 0 saturated heterocycles. The molecule has 2 nitrogen and oxygen atoms in total. The number of hydrogen-bond acceptors (Lipinski definition) is 0. The normalized spacial score (nSPS) is 10.5. The number of hydrogen-bond donors (Lipinski definition) is 0. The summed E-state index contributed by atoms with van der Waals surface area (Å²) in [7, 11) is 0. The van der Waals surface area contributed by atoms with Crippen molar-refractivity contribution in [3.05, 3.63) is 78.3 Å². The second kappa shape index (κ2) is 17.1. The van der Waals surface area contributed by atoms with Gasteiger partial charge in [0, 0.05) is 8.95 Å². The van der Waals surface area contributed by atoms with Gasteiger partial charge in [0.25, 0.3) is 0 Å². The fourth-order valence-corrected chi connectivity index (χ4v) is 4.29. The first-order valence-electron chi connectivity index (χ1n) is 10.6. The Morgan fingerprint density at radius 1 is 0.606 bits per heavy atom. The van der Waals surface area contributed by atoms with Gasteiger partial charge < -0.3 is 0 Å². The SMILES string of the molecule is [C-]#[N+]c1c(C(C)C)cc(Br)cc1C(C)C.[C-]#[N+]c1c(C(C)C)cc(Br)cc1C(C)C.[I][Pt+2][I]. The molecule has 0 aromatic heterocycles. The molecule has 7 heteroatoms. The van der Waals surface area contributed by atoms with E-state index in [1.165, 1.54) is 0 Å². The van der Waals surface area contributed by atoms with Gasteiger partial charge in [-0.2, -0.15) is 0 Å². The van der Waals surface area contributed by atoms with Crippen molar-refractivity contribution < 1.29 is 11.2 Å². The standard InChI is InChI=1S/2C13H16BrN.2HI.Pt/c2*1-8(2)11-6-10(14)7-12(9(3)4)13(11)15-5;;;/h2*6-9H,1-4H3;2*1H;/q;;;;+4/p-2. The zero-order valence-electron chi connectivity index (χ0n) is 20.3. The van der Waals surface area contributed by atoms with Crippen molar-refractivity contribution in [3.8, 4) is 0 Å². The summed E-state index contributed by atoms with van der Waals surface area (Å²) in [5.41, 5.74) is 6.24. The van der Waals surface area contributed by atoms with Crippen molar-refractivity contribution in [2.75, 3.05) is 0 Å². The van der Waals surface area contributed by atoms with E-state index in [0.29, 0.717) is 34.9 Å². The molecule has 2 aromatic carbocycles. The quantitative estimate of drug-likeness (QED) is 0.213. The van der Waals surface area contributed by atoms with Crippen molar-refractivity contribution >= 4 is 81.9 Å². The summed E-state index contributed by atoms with van der Waals surface area (Å²) < 4.78 is 2.14. The summed E-state index contributed by atoms with van der Waals surface area (Å²) in [5.74, 6) is 1.57. The molecule has 0 aliphatic carbocycles. The van der Waals surface area contributed by atoms with E-state index in [1.54, 1.807) is 0 Å². The molecule has 182 valence electrons. The molecule has 0 unspecified atom stereocenters. The predicted octanol–water partition coefficient (Wildman–Crippen LogP) is 12.3. The Morgan fingerprint density at radius 2 is 0.788 bits per heavy atom. The van der Waals surface area contributed by atoms with Crippen LogP contribution in [0.15, 0.2) is 33.2 Å². The molecule has 33 heavy (non-hydrogen) atoms. The molecule has 0 N–H and O–H groups in total. The topological polar surface area (TPSA) is 8.72 Å². The third-order valence-electron chi connectivity index (χ3n) is 4.98. The monoisotopic (exact) mass is 979 g/mol. The number of benzene rings is 2. The van der Waals surface area contributed by atoms with Gasteiger partial charge in [0.05, 0.1) is 13.1 Å². The van der Waals surface area contributed by atoms with Crippen molar-refractivity contribution in [2.45, 2.75) is 79.1 Å². The van der Waals surface area contributed by atoms with Crippen LogP contribution >= 0.6 is 70.6 Å². The summed E-state index contributed by atoms with van der Waals surface area (Å²) in [6.45, 7) is 31.6. The van der Waals surface area contributed by atoms with Gasteiger partial charge in [-0.3, -0.25) is 0 Å². The minimum atomic E-state index is 0.393. The van der Waals surface area contributed by atoms with E-state index in [-0.39, 0.29) is 0 Å². The maximum absolute atomic E-state index is 7.29. The van der Waals surface area contributed by atoms with E-state index in [0.717, 1.165) is 42.6 Å². The van der Waals surface area contributed by atoms with Gasteiger partial charge in [0.2, 0.25) is 0 Å². The van der Waals surface area contributed by atoms with Gasteiger partial charge in [0.15, 0.2) is 11.4 Å². The van der Waals surface area contributed by atoms with Crippen LogP contribution in [0.1, 0.15) is 101 Å². The zero-order valence-corrected chi connectivity index (χ0v) is 30.1. The molecule has 0 atom stereocenters. The average molecular weight is 981 g/mol. The van der Waals surface area contributed by atoms with E-state index in [2.05, 4.69) is 160 Å². The number of nitrogens with zero attached hydrogens (tertiary/aromatic N) is 2. The third kappa shape index (κ3) is 11.0. The predicted molar refractivity (Wildman–Crippen MR) is 165 cm³/mol. The minimum absolute atomic E-state index is 0.393. The van der Waals surface area contributed by atoms with Crippen molar-refractivity contribution in [1.29, 1.82) is 0 Å².